The van der Waals surface area contributed by atoms with Crippen molar-refractivity contribution < 1.29 is 14.7 Å². The summed E-state index contributed by atoms with van der Waals surface area (Å²) in [5.74, 6) is -2.05. The molecule has 2 amide bonds. The Morgan fingerprint density at radius 1 is 1.56 bits per heavy atom. The number of halogens is 1. The smallest absolute Gasteiger partial charge is 0.239 e. The molecule has 1 aromatic carbocycles. The monoisotopic (exact) mass is 268 g/mol. The molecule has 0 aliphatic carbocycles. The van der Waals surface area contributed by atoms with Gasteiger partial charge in [0.2, 0.25) is 11.8 Å². The summed E-state index contributed by atoms with van der Waals surface area (Å²) in [6.07, 6.45) is -0.989. The van der Waals surface area contributed by atoms with Crippen LogP contribution in [0.1, 0.15) is 5.56 Å². The van der Waals surface area contributed by atoms with Gasteiger partial charge in [-0.15, -0.1) is 0 Å². The average molecular weight is 269 g/mol. The highest BCUT2D eigenvalue weighted by atomic mass is 35.5. The second kappa shape index (κ2) is 4.96. The van der Waals surface area contributed by atoms with Gasteiger partial charge in [-0.1, -0.05) is 17.7 Å². The van der Waals surface area contributed by atoms with Crippen molar-refractivity contribution in [3.8, 4) is 0 Å². The van der Waals surface area contributed by atoms with Gasteiger partial charge in [-0.2, -0.15) is 0 Å². The fourth-order valence-electron chi connectivity index (χ4n) is 1.85. The van der Waals surface area contributed by atoms with E-state index in [-0.39, 0.29) is 6.54 Å². The van der Waals surface area contributed by atoms with Crippen molar-refractivity contribution >= 4 is 29.1 Å². The molecule has 0 aromatic heterocycles. The molecule has 1 fully saturated rings. The molecule has 96 valence electrons. The zero-order valence-corrected chi connectivity index (χ0v) is 10.5. The summed E-state index contributed by atoms with van der Waals surface area (Å²) >= 11 is 5.93. The lowest BCUT2D eigenvalue weighted by Crippen LogP contribution is -2.34. The Morgan fingerprint density at radius 3 is 2.89 bits per heavy atom. The van der Waals surface area contributed by atoms with Gasteiger partial charge in [0.05, 0.1) is 6.10 Å². The maximum atomic E-state index is 11.9. The van der Waals surface area contributed by atoms with Crippen molar-refractivity contribution in [1.29, 1.82) is 0 Å². The van der Waals surface area contributed by atoms with Crippen LogP contribution in [-0.2, 0) is 9.59 Å². The van der Waals surface area contributed by atoms with Crippen molar-refractivity contribution in [3.63, 3.8) is 0 Å². The van der Waals surface area contributed by atoms with E-state index in [1.165, 1.54) is 0 Å². The van der Waals surface area contributed by atoms with Crippen LogP contribution in [0.3, 0.4) is 0 Å². The molecule has 0 spiro atoms. The van der Waals surface area contributed by atoms with Crippen molar-refractivity contribution in [2.24, 2.45) is 5.92 Å². The molecule has 2 unspecified atom stereocenters. The Labute approximate surface area is 109 Å². The molecule has 2 rings (SSSR count). The Kier molecular flexibility index (Phi) is 3.54. The highest BCUT2D eigenvalue weighted by Crippen LogP contribution is 2.24. The third-order valence-electron chi connectivity index (χ3n) is 2.96. The summed E-state index contributed by atoms with van der Waals surface area (Å²) in [6, 6.07) is 5.11. The standard InChI is InChI=1S/C12H13ClN2O3/c1-6-7(13)3-2-4-8(6)15-12(18)10-9(16)5-14-11(10)17/h2-4,9-10,16H,5H2,1H3,(H,14,17)(H,15,18). The number of amides is 2. The van der Waals surface area contributed by atoms with E-state index in [0.717, 1.165) is 5.56 Å². The molecule has 6 heteroatoms. The molecule has 1 aromatic rings. The first-order chi connectivity index (χ1) is 8.50. The second-order valence-electron chi connectivity index (χ2n) is 4.19. The SMILES string of the molecule is Cc1c(Cl)cccc1NC(=O)C1C(=O)NCC1O. The predicted octanol–water partition coefficient (Wildman–Crippen LogP) is 0.694. The number of aliphatic hydroxyl groups excluding tert-OH is 1. The zero-order chi connectivity index (χ0) is 13.3. The lowest BCUT2D eigenvalue weighted by atomic mass is 10.0. The summed E-state index contributed by atoms with van der Waals surface area (Å²) in [5.41, 5.74) is 1.26. The molecule has 1 saturated heterocycles. The normalized spacial score (nSPS) is 22.7. The van der Waals surface area contributed by atoms with Gasteiger partial charge in [0.15, 0.2) is 0 Å². The van der Waals surface area contributed by atoms with Crippen molar-refractivity contribution in [3.05, 3.63) is 28.8 Å². The molecule has 1 aliphatic rings. The second-order valence-corrected chi connectivity index (χ2v) is 4.60. The van der Waals surface area contributed by atoms with Gasteiger partial charge in [-0.25, -0.2) is 0 Å². The maximum absolute atomic E-state index is 11.9. The number of hydrogen-bond donors (Lipinski definition) is 3. The lowest BCUT2D eigenvalue weighted by Gasteiger charge is -2.14. The topological polar surface area (TPSA) is 78.4 Å². The lowest BCUT2D eigenvalue weighted by molar-refractivity contribution is -0.132. The Morgan fingerprint density at radius 2 is 2.28 bits per heavy atom. The van der Waals surface area contributed by atoms with Gasteiger partial charge in [0.25, 0.3) is 0 Å². The molecule has 0 radical (unpaired) electrons. The van der Waals surface area contributed by atoms with Gasteiger partial charge < -0.3 is 15.7 Å². The van der Waals surface area contributed by atoms with Crippen LogP contribution in [0, 0.1) is 12.8 Å². The maximum Gasteiger partial charge on any atom is 0.239 e. The number of nitrogens with one attached hydrogen (secondary N) is 2. The molecule has 5 nitrogen and oxygen atoms in total. The van der Waals surface area contributed by atoms with E-state index in [1.807, 2.05) is 0 Å². The van der Waals surface area contributed by atoms with Crippen molar-refractivity contribution in [2.75, 3.05) is 11.9 Å². The molecule has 18 heavy (non-hydrogen) atoms. The minimum Gasteiger partial charge on any atom is -0.390 e. The van der Waals surface area contributed by atoms with Crippen molar-refractivity contribution in [2.45, 2.75) is 13.0 Å². The number of carbonyl (C=O) groups excluding carboxylic acids is 2. The quantitative estimate of drug-likeness (QED) is 0.691. The summed E-state index contributed by atoms with van der Waals surface area (Å²) < 4.78 is 0. The summed E-state index contributed by atoms with van der Waals surface area (Å²) in [7, 11) is 0. The molecular weight excluding hydrogens is 256 g/mol. The molecule has 0 bridgehead atoms. The number of β-amino-alcohol motifs (C(OH)–C–C–N with tert-alkyl or cyclic N) is 1. The number of hydrogen-bond acceptors (Lipinski definition) is 3. The van der Waals surface area contributed by atoms with Crippen LogP contribution in [-0.4, -0.2) is 29.6 Å². The number of rotatable bonds is 2. The number of anilines is 1. The van der Waals surface area contributed by atoms with E-state index in [9.17, 15) is 14.7 Å². The Hall–Kier alpha value is -1.59. The van der Waals surface area contributed by atoms with Gasteiger partial charge in [0, 0.05) is 17.3 Å². The third-order valence-corrected chi connectivity index (χ3v) is 3.37. The Balaban J connectivity index is 2.16. The molecule has 0 saturated carbocycles. The molecule has 3 N–H and O–H groups in total. The summed E-state index contributed by atoms with van der Waals surface area (Å²) in [4.78, 5) is 23.3. The molecular formula is C12H13ClN2O3. The van der Waals surface area contributed by atoms with Crippen LogP contribution in [0.5, 0.6) is 0 Å². The predicted molar refractivity (Wildman–Crippen MR) is 67.3 cm³/mol. The van der Waals surface area contributed by atoms with Gasteiger partial charge in [-0.05, 0) is 24.6 Å². The largest absolute Gasteiger partial charge is 0.390 e. The Bertz CT molecular complexity index is 504. The fourth-order valence-corrected chi connectivity index (χ4v) is 2.03. The highest BCUT2D eigenvalue weighted by Gasteiger charge is 2.39. The zero-order valence-electron chi connectivity index (χ0n) is 9.74. The van der Waals surface area contributed by atoms with Crippen LogP contribution in [0.4, 0.5) is 5.69 Å². The van der Waals surface area contributed by atoms with E-state index < -0.39 is 23.8 Å². The highest BCUT2D eigenvalue weighted by molar-refractivity contribution is 6.31. The number of aliphatic hydroxyl groups is 1. The molecule has 1 aliphatic heterocycles. The first-order valence-electron chi connectivity index (χ1n) is 5.52. The minimum absolute atomic E-state index is 0.103. The minimum atomic E-state index is -1.07. The van der Waals surface area contributed by atoms with Crippen LogP contribution >= 0.6 is 11.6 Å². The number of carbonyl (C=O) groups is 2. The summed E-state index contributed by atoms with van der Waals surface area (Å²) in [6.45, 7) is 1.87. The van der Waals surface area contributed by atoms with E-state index >= 15 is 0 Å². The molecule has 2 atom stereocenters. The molecule has 1 heterocycles. The first kappa shape index (κ1) is 12.9. The average Bonchev–Trinajstić information content (AvgIpc) is 2.65. The van der Waals surface area contributed by atoms with Gasteiger partial charge in [0.1, 0.15) is 5.92 Å². The van der Waals surface area contributed by atoms with E-state index in [1.54, 1.807) is 25.1 Å². The van der Waals surface area contributed by atoms with Gasteiger partial charge >= 0.3 is 0 Å². The van der Waals surface area contributed by atoms with Crippen LogP contribution in [0.2, 0.25) is 5.02 Å². The number of benzene rings is 1. The van der Waals surface area contributed by atoms with E-state index in [2.05, 4.69) is 10.6 Å². The van der Waals surface area contributed by atoms with Crippen LogP contribution < -0.4 is 10.6 Å². The van der Waals surface area contributed by atoms with Crippen LogP contribution in [0.15, 0.2) is 18.2 Å². The third kappa shape index (κ3) is 2.32. The van der Waals surface area contributed by atoms with Gasteiger partial charge in [-0.3, -0.25) is 9.59 Å². The fraction of sp³-hybridized carbons (Fsp3) is 0.333. The first-order valence-corrected chi connectivity index (χ1v) is 5.90. The van der Waals surface area contributed by atoms with Crippen molar-refractivity contribution in [1.82, 2.24) is 5.32 Å². The summed E-state index contributed by atoms with van der Waals surface area (Å²) in [5, 5.41) is 15.1. The van der Waals surface area contributed by atoms with E-state index in [0.29, 0.717) is 10.7 Å². The van der Waals surface area contributed by atoms with Crippen LogP contribution in [0.25, 0.3) is 0 Å². The van der Waals surface area contributed by atoms with E-state index in [4.69, 9.17) is 11.6 Å².